The molecule has 1 saturated heterocycles. The number of hydrogen-bond donors (Lipinski definition) is 2. The van der Waals surface area contributed by atoms with Crippen molar-refractivity contribution in [2.24, 2.45) is 5.92 Å². The lowest BCUT2D eigenvalue weighted by atomic mass is 10.0. The minimum atomic E-state index is -0.637. The van der Waals surface area contributed by atoms with Crippen LogP contribution in [0, 0.1) is 11.7 Å². The average Bonchev–Trinajstić information content (AvgIpc) is 2.60. The van der Waals surface area contributed by atoms with E-state index in [9.17, 15) is 14.0 Å². The Hall–Kier alpha value is -1.99. The van der Waals surface area contributed by atoms with Gasteiger partial charge in [0.1, 0.15) is 11.9 Å². The Balaban J connectivity index is 1.84. The van der Waals surface area contributed by atoms with E-state index in [-0.39, 0.29) is 17.7 Å². The molecule has 0 aliphatic carbocycles. The van der Waals surface area contributed by atoms with E-state index in [2.05, 4.69) is 15.5 Å². The number of ether oxygens (including phenoxy) is 1. The molecule has 1 fully saturated rings. The van der Waals surface area contributed by atoms with Crippen LogP contribution in [0.3, 0.4) is 0 Å². The number of carbonyl (C=O) groups is 2. The van der Waals surface area contributed by atoms with Crippen LogP contribution in [-0.4, -0.2) is 62.1 Å². The first-order valence-corrected chi connectivity index (χ1v) is 8.61. The van der Waals surface area contributed by atoms with E-state index in [1.165, 1.54) is 24.3 Å². The third kappa shape index (κ3) is 6.10. The van der Waals surface area contributed by atoms with Gasteiger partial charge in [-0.1, -0.05) is 13.8 Å². The maximum atomic E-state index is 13.0. The van der Waals surface area contributed by atoms with Crippen molar-refractivity contribution in [2.45, 2.75) is 19.9 Å². The van der Waals surface area contributed by atoms with E-state index < -0.39 is 11.9 Å². The van der Waals surface area contributed by atoms with Crippen LogP contribution in [0.4, 0.5) is 4.39 Å². The molecular weight excluding hydrogens is 325 g/mol. The summed E-state index contributed by atoms with van der Waals surface area (Å²) in [5.41, 5.74) is 0.327. The summed E-state index contributed by atoms with van der Waals surface area (Å²) < 4.78 is 18.2. The Morgan fingerprint density at radius 1 is 1.20 bits per heavy atom. The molecule has 0 bridgehead atoms. The molecule has 1 atom stereocenters. The van der Waals surface area contributed by atoms with Crippen molar-refractivity contribution in [3.63, 3.8) is 0 Å². The lowest BCUT2D eigenvalue weighted by molar-refractivity contribution is -0.124. The fraction of sp³-hybridized carbons (Fsp3) is 0.556. The summed E-state index contributed by atoms with van der Waals surface area (Å²) >= 11 is 0. The Bertz CT molecular complexity index is 571. The number of nitrogens with zero attached hydrogens (tertiary/aromatic N) is 1. The second-order valence-electron chi connectivity index (χ2n) is 6.45. The normalized spacial score (nSPS) is 16.5. The monoisotopic (exact) mass is 351 g/mol. The molecule has 138 valence electrons. The van der Waals surface area contributed by atoms with Crippen LogP contribution < -0.4 is 10.6 Å². The van der Waals surface area contributed by atoms with Crippen molar-refractivity contribution >= 4 is 11.8 Å². The summed E-state index contributed by atoms with van der Waals surface area (Å²) in [5.74, 6) is -1.06. The third-order valence-corrected chi connectivity index (χ3v) is 4.17. The first-order valence-electron chi connectivity index (χ1n) is 8.61. The Labute approximate surface area is 147 Å². The van der Waals surface area contributed by atoms with Crippen molar-refractivity contribution in [3.8, 4) is 0 Å². The van der Waals surface area contributed by atoms with Gasteiger partial charge < -0.3 is 15.4 Å². The Morgan fingerprint density at radius 2 is 1.84 bits per heavy atom. The van der Waals surface area contributed by atoms with Gasteiger partial charge in [0.2, 0.25) is 5.91 Å². The molecule has 7 heteroatoms. The molecule has 2 amide bonds. The molecule has 0 spiro atoms. The predicted octanol–water partition coefficient (Wildman–Crippen LogP) is 1.03. The van der Waals surface area contributed by atoms with E-state index in [1.54, 1.807) is 0 Å². The highest BCUT2D eigenvalue weighted by Crippen LogP contribution is 2.07. The first kappa shape index (κ1) is 19.3. The second kappa shape index (κ2) is 9.48. The number of hydrogen-bond acceptors (Lipinski definition) is 4. The van der Waals surface area contributed by atoms with Crippen molar-refractivity contribution in [2.75, 3.05) is 39.4 Å². The van der Waals surface area contributed by atoms with Crippen LogP contribution in [-0.2, 0) is 9.53 Å². The summed E-state index contributed by atoms with van der Waals surface area (Å²) in [4.78, 5) is 26.9. The summed E-state index contributed by atoms with van der Waals surface area (Å²) in [7, 11) is 0. The molecule has 0 radical (unpaired) electrons. The maximum Gasteiger partial charge on any atom is 0.251 e. The van der Waals surface area contributed by atoms with E-state index in [0.29, 0.717) is 12.1 Å². The van der Waals surface area contributed by atoms with Crippen LogP contribution in [0.5, 0.6) is 0 Å². The zero-order valence-electron chi connectivity index (χ0n) is 14.8. The van der Waals surface area contributed by atoms with Crippen LogP contribution in [0.1, 0.15) is 24.2 Å². The van der Waals surface area contributed by atoms with Crippen LogP contribution in [0.25, 0.3) is 0 Å². The molecule has 2 rings (SSSR count). The molecule has 1 aliphatic heterocycles. The molecule has 25 heavy (non-hydrogen) atoms. The standard InChI is InChI=1S/C18H26FN3O3/c1-13(2)16(21-17(23)14-3-5-15(19)6-4-14)18(24)20-7-8-22-9-11-25-12-10-22/h3-6,13,16H,7-12H2,1-2H3,(H,20,24)(H,21,23). The number of nitrogens with one attached hydrogen (secondary N) is 2. The number of rotatable bonds is 7. The summed E-state index contributed by atoms with van der Waals surface area (Å²) in [5, 5.41) is 5.61. The number of benzene rings is 1. The molecular formula is C18H26FN3O3. The molecule has 6 nitrogen and oxygen atoms in total. The van der Waals surface area contributed by atoms with Crippen LogP contribution in [0.2, 0.25) is 0 Å². The average molecular weight is 351 g/mol. The second-order valence-corrected chi connectivity index (χ2v) is 6.45. The summed E-state index contributed by atoms with van der Waals surface area (Å²) in [6.07, 6.45) is 0. The lowest BCUT2D eigenvalue weighted by Crippen LogP contribution is -2.51. The van der Waals surface area contributed by atoms with E-state index >= 15 is 0 Å². The Kier molecular flexibility index (Phi) is 7.33. The zero-order valence-corrected chi connectivity index (χ0v) is 14.8. The van der Waals surface area contributed by atoms with Crippen molar-refractivity contribution in [1.82, 2.24) is 15.5 Å². The van der Waals surface area contributed by atoms with E-state index in [4.69, 9.17) is 4.74 Å². The Morgan fingerprint density at radius 3 is 2.44 bits per heavy atom. The zero-order chi connectivity index (χ0) is 18.2. The van der Waals surface area contributed by atoms with Gasteiger partial charge in [0.05, 0.1) is 13.2 Å². The predicted molar refractivity (Wildman–Crippen MR) is 92.8 cm³/mol. The molecule has 1 unspecified atom stereocenters. The van der Waals surface area contributed by atoms with Gasteiger partial charge in [-0.25, -0.2) is 4.39 Å². The molecule has 0 saturated carbocycles. The fourth-order valence-corrected chi connectivity index (χ4v) is 2.63. The highest BCUT2D eigenvalue weighted by atomic mass is 19.1. The van der Waals surface area contributed by atoms with Crippen LogP contribution in [0.15, 0.2) is 24.3 Å². The molecule has 1 aromatic carbocycles. The minimum absolute atomic E-state index is 0.0622. The van der Waals surface area contributed by atoms with Crippen LogP contribution >= 0.6 is 0 Å². The van der Waals surface area contributed by atoms with Crippen molar-refractivity contribution in [3.05, 3.63) is 35.6 Å². The quantitative estimate of drug-likeness (QED) is 0.770. The molecule has 2 N–H and O–H groups in total. The molecule has 0 aromatic heterocycles. The van der Waals surface area contributed by atoms with Gasteiger partial charge >= 0.3 is 0 Å². The molecule has 1 aromatic rings. The highest BCUT2D eigenvalue weighted by Gasteiger charge is 2.24. The summed E-state index contributed by atoms with van der Waals surface area (Å²) in [6, 6.07) is 4.61. The summed E-state index contributed by atoms with van der Waals surface area (Å²) in [6.45, 7) is 8.19. The van der Waals surface area contributed by atoms with Gasteiger partial charge in [-0.3, -0.25) is 14.5 Å². The van der Waals surface area contributed by atoms with Gasteiger partial charge in [0.25, 0.3) is 5.91 Å². The maximum absolute atomic E-state index is 13.0. The lowest BCUT2D eigenvalue weighted by Gasteiger charge is -2.27. The first-order chi connectivity index (χ1) is 12.0. The van der Waals surface area contributed by atoms with Gasteiger partial charge in [-0.2, -0.15) is 0 Å². The third-order valence-electron chi connectivity index (χ3n) is 4.17. The largest absolute Gasteiger partial charge is 0.379 e. The van der Waals surface area contributed by atoms with E-state index in [1.807, 2.05) is 13.8 Å². The van der Waals surface area contributed by atoms with Gasteiger partial charge in [0, 0.05) is 31.7 Å². The number of morpholine rings is 1. The number of halogens is 1. The SMILES string of the molecule is CC(C)C(NC(=O)c1ccc(F)cc1)C(=O)NCCN1CCOCC1. The fourth-order valence-electron chi connectivity index (χ4n) is 2.63. The molecule has 1 aliphatic rings. The minimum Gasteiger partial charge on any atom is -0.379 e. The topological polar surface area (TPSA) is 70.7 Å². The van der Waals surface area contributed by atoms with Gasteiger partial charge in [-0.15, -0.1) is 0 Å². The smallest absolute Gasteiger partial charge is 0.251 e. The van der Waals surface area contributed by atoms with Gasteiger partial charge in [-0.05, 0) is 30.2 Å². The number of amides is 2. The van der Waals surface area contributed by atoms with Crippen molar-refractivity contribution in [1.29, 1.82) is 0 Å². The van der Waals surface area contributed by atoms with E-state index in [0.717, 1.165) is 32.8 Å². The number of carbonyl (C=O) groups excluding carboxylic acids is 2. The van der Waals surface area contributed by atoms with Gasteiger partial charge in [0.15, 0.2) is 0 Å². The van der Waals surface area contributed by atoms with Crippen molar-refractivity contribution < 1.29 is 18.7 Å². The molecule has 1 heterocycles. The highest BCUT2D eigenvalue weighted by molar-refractivity contribution is 5.97.